The van der Waals surface area contributed by atoms with Crippen LogP contribution < -0.4 is 10.6 Å². The number of hydrogen-bond donors (Lipinski definition) is 2. The third-order valence-electron chi connectivity index (χ3n) is 5.56. The first-order chi connectivity index (χ1) is 15.9. The number of nitrogens with zero attached hydrogens (tertiary/aromatic N) is 1. The average molecular weight is 445 g/mol. The fourth-order valence-electron chi connectivity index (χ4n) is 4.00. The molecule has 2 N–H and O–H groups in total. The van der Waals surface area contributed by atoms with Crippen molar-refractivity contribution in [2.75, 3.05) is 18.4 Å². The number of rotatable bonds is 5. The van der Waals surface area contributed by atoms with Gasteiger partial charge in [0, 0.05) is 37.7 Å². The van der Waals surface area contributed by atoms with E-state index in [9.17, 15) is 18.8 Å². The molecule has 0 aliphatic carbocycles. The molecule has 1 aliphatic rings. The Labute approximate surface area is 191 Å². The van der Waals surface area contributed by atoms with Crippen LogP contribution in [0.25, 0.3) is 11.1 Å². The highest BCUT2D eigenvalue weighted by atomic mass is 19.1. The van der Waals surface area contributed by atoms with Crippen LogP contribution in [0.5, 0.6) is 0 Å². The average Bonchev–Trinajstić information content (AvgIpc) is 2.80. The largest absolute Gasteiger partial charge is 0.353 e. The van der Waals surface area contributed by atoms with Crippen LogP contribution in [0.4, 0.5) is 10.1 Å². The molecule has 168 valence electrons. The van der Waals surface area contributed by atoms with E-state index >= 15 is 0 Å². The van der Waals surface area contributed by atoms with Gasteiger partial charge in [-0.25, -0.2) is 4.39 Å². The third-order valence-corrected chi connectivity index (χ3v) is 5.56. The van der Waals surface area contributed by atoms with E-state index in [4.69, 9.17) is 0 Å². The van der Waals surface area contributed by atoms with Crippen LogP contribution >= 0.6 is 0 Å². The monoisotopic (exact) mass is 445 g/mol. The molecular weight excluding hydrogens is 421 g/mol. The first-order valence-electron chi connectivity index (χ1n) is 10.7. The van der Waals surface area contributed by atoms with Crippen LogP contribution in [0.2, 0.25) is 0 Å². The molecular formula is C26H24FN3O3. The van der Waals surface area contributed by atoms with Crippen molar-refractivity contribution in [3.63, 3.8) is 0 Å². The standard InChI is InChI=1S/C26H24FN3O3/c1-17(31)29-23-10-8-19(9-11-23)26(33)30-13-12-28-25(32)24(30)15-18-4-2-5-20(14-18)21-6-3-7-22(27)16-21/h2-11,14,16,24H,12-13,15H2,1H3,(H,28,32)(H,29,31)/t24-/m1/s1. The van der Waals surface area contributed by atoms with Gasteiger partial charge in [-0.15, -0.1) is 0 Å². The van der Waals surface area contributed by atoms with Gasteiger partial charge in [0.05, 0.1) is 0 Å². The second-order valence-electron chi connectivity index (χ2n) is 7.98. The van der Waals surface area contributed by atoms with Crippen LogP contribution in [0.1, 0.15) is 22.8 Å². The van der Waals surface area contributed by atoms with E-state index < -0.39 is 6.04 Å². The molecule has 3 amide bonds. The Hall–Kier alpha value is -4.00. The number of benzene rings is 3. The van der Waals surface area contributed by atoms with Crippen molar-refractivity contribution >= 4 is 23.4 Å². The van der Waals surface area contributed by atoms with Gasteiger partial charge < -0.3 is 15.5 Å². The zero-order valence-electron chi connectivity index (χ0n) is 18.2. The molecule has 1 aliphatic heterocycles. The molecule has 0 radical (unpaired) electrons. The Kier molecular flexibility index (Phi) is 6.49. The van der Waals surface area contributed by atoms with Gasteiger partial charge in [0.25, 0.3) is 5.91 Å². The molecule has 1 saturated heterocycles. The highest BCUT2D eigenvalue weighted by Crippen LogP contribution is 2.23. The topological polar surface area (TPSA) is 78.5 Å². The summed E-state index contributed by atoms with van der Waals surface area (Å²) in [6.07, 6.45) is 0.338. The number of anilines is 1. The second-order valence-corrected chi connectivity index (χ2v) is 7.98. The summed E-state index contributed by atoms with van der Waals surface area (Å²) in [5.41, 5.74) is 3.50. The van der Waals surface area contributed by atoms with Gasteiger partial charge in [-0.2, -0.15) is 0 Å². The molecule has 1 fully saturated rings. The number of amides is 3. The molecule has 0 aromatic heterocycles. The van der Waals surface area contributed by atoms with Crippen LogP contribution in [0.3, 0.4) is 0 Å². The lowest BCUT2D eigenvalue weighted by atomic mass is 9.97. The van der Waals surface area contributed by atoms with Crippen molar-refractivity contribution in [1.82, 2.24) is 10.2 Å². The van der Waals surface area contributed by atoms with E-state index in [0.29, 0.717) is 30.8 Å². The van der Waals surface area contributed by atoms with Crippen molar-refractivity contribution in [2.24, 2.45) is 0 Å². The second kappa shape index (κ2) is 9.65. The lowest BCUT2D eigenvalue weighted by Gasteiger charge is -2.35. The van der Waals surface area contributed by atoms with E-state index in [1.165, 1.54) is 19.1 Å². The SMILES string of the molecule is CC(=O)Nc1ccc(C(=O)N2CCNC(=O)[C@H]2Cc2cccc(-c3cccc(F)c3)c2)cc1. The molecule has 6 nitrogen and oxygen atoms in total. The number of piperazine rings is 1. The Morgan fingerprint density at radius 3 is 2.42 bits per heavy atom. The minimum atomic E-state index is -0.663. The molecule has 0 saturated carbocycles. The lowest BCUT2D eigenvalue weighted by molar-refractivity contribution is -0.127. The fourth-order valence-corrected chi connectivity index (χ4v) is 4.00. The number of nitrogens with one attached hydrogen (secondary N) is 2. The summed E-state index contributed by atoms with van der Waals surface area (Å²) in [7, 11) is 0. The van der Waals surface area contributed by atoms with Gasteiger partial charge in [-0.1, -0.05) is 36.4 Å². The van der Waals surface area contributed by atoms with Crippen molar-refractivity contribution < 1.29 is 18.8 Å². The quantitative estimate of drug-likeness (QED) is 0.630. The van der Waals surface area contributed by atoms with Gasteiger partial charge in [-0.3, -0.25) is 14.4 Å². The third kappa shape index (κ3) is 5.26. The van der Waals surface area contributed by atoms with Crippen LogP contribution in [-0.4, -0.2) is 41.8 Å². The van der Waals surface area contributed by atoms with Gasteiger partial charge in [0.15, 0.2) is 0 Å². The smallest absolute Gasteiger partial charge is 0.254 e. The summed E-state index contributed by atoms with van der Waals surface area (Å²) in [6.45, 7) is 2.19. The van der Waals surface area contributed by atoms with Crippen LogP contribution in [-0.2, 0) is 16.0 Å². The predicted octanol–water partition coefficient (Wildman–Crippen LogP) is 3.63. The highest BCUT2D eigenvalue weighted by Gasteiger charge is 2.33. The van der Waals surface area contributed by atoms with Gasteiger partial charge in [0.2, 0.25) is 11.8 Å². The van der Waals surface area contributed by atoms with Gasteiger partial charge >= 0.3 is 0 Å². The number of carbonyl (C=O) groups is 3. The van der Waals surface area contributed by atoms with Crippen molar-refractivity contribution in [1.29, 1.82) is 0 Å². The number of halogens is 1. The minimum absolute atomic E-state index is 0.192. The molecule has 0 bridgehead atoms. The van der Waals surface area contributed by atoms with Crippen molar-refractivity contribution in [3.8, 4) is 11.1 Å². The summed E-state index contributed by atoms with van der Waals surface area (Å²) in [4.78, 5) is 38.7. The maximum Gasteiger partial charge on any atom is 0.254 e. The minimum Gasteiger partial charge on any atom is -0.353 e. The summed E-state index contributed by atoms with van der Waals surface area (Å²) in [5.74, 6) is -0.959. The van der Waals surface area contributed by atoms with E-state index in [1.807, 2.05) is 30.3 Å². The van der Waals surface area contributed by atoms with E-state index in [1.54, 1.807) is 35.2 Å². The van der Waals surface area contributed by atoms with E-state index in [-0.39, 0.29) is 23.5 Å². The lowest BCUT2D eigenvalue weighted by Crippen LogP contribution is -2.58. The zero-order valence-corrected chi connectivity index (χ0v) is 18.2. The fraction of sp³-hybridized carbons (Fsp3) is 0.192. The van der Waals surface area contributed by atoms with Crippen LogP contribution in [0, 0.1) is 5.82 Å². The molecule has 33 heavy (non-hydrogen) atoms. The molecule has 4 rings (SSSR count). The normalized spacial score (nSPS) is 15.6. The Morgan fingerprint density at radius 2 is 1.73 bits per heavy atom. The van der Waals surface area contributed by atoms with Crippen molar-refractivity contribution in [3.05, 3.63) is 89.7 Å². The van der Waals surface area contributed by atoms with E-state index in [2.05, 4.69) is 10.6 Å². The maximum absolute atomic E-state index is 13.6. The summed E-state index contributed by atoms with van der Waals surface area (Å²) >= 11 is 0. The highest BCUT2D eigenvalue weighted by molar-refractivity contribution is 5.99. The summed E-state index contributed by atoms with van der Waals surface area (Å²) in [5, 5.41) is 5.51. The molecule has 7 heteroatoms. The zero-order chi connectivity index (χ0) is 23.4. The first-order valence-corrected chi connectivity index (χ1v) is 10.7. The van der Waals surface area contributed by atoms with Gasteiger partial charge in [0.1, 0.15) is 11.9 Å². The maximum atomic E-state index is 13.6. The van der Waals surface area contributed by atoms with Gasteiger partial charge in [-0.05, 0) is 53.1 Å². The molecule has 0 unspecified atom stereocenters. The molecule has 0 spiro atoms. The van der Waals surface area contributed by atoms with Crippen molar-refractivity contribution in [2.45, 2.75) is 19.4 Å². The Morgan fingerprint density at radius 1 is 1.03 bits per heavy atom. The predicted molar refractivity (Wildman–Crippen MR) is 124 cm³/mol. The summed E-state index contributed by atoms with van der Waals surface area (Å²) < 4.78 is 13.6. The summed E-state index contributed by atoms with van der Waals surface area (Å²) in [6, 6.07) is 19.9. The molecule has 3 aromatic rings. The molecule has 1 atom stereocenters. The van der Waals surface area contributed by atoms with E-state index in [0.717, 1.165) is 16.7 Å². The number of hydrogen-bond acceptors (Lipinski definition) is 3. The Bertz CT molecular complexity index is 1190. The molecule has 1 heterocycles. The number of carbonyl (C=O) groups excluding carboxylic acids is 3. The molecule has 3 aromatic carbocycles. The first kappa shape index (κ1) is 22.2. The Balaban J connectivity index is 1.55. The van der Waals surface area contributed by atoms with Crippen LogP contribution in [0.15, 0.2) is 72.8 Å².